The Kier molecular flexibility index (Phi) is 7.93. The maximum absolute atomic E-state index is 13.9. The predicted octanol–water partition coefficient (Wildman–Crippen LogP) is 4.78. The van der Waals surface area contributed by atoms with Crippen LogP contribution in [-0.2, 0) is 9.53 Å². The van der Waals surface area contributed by atoms with Crippen molar-refractivity contribution in [1.29, 1.82) is 5.41 Å². The highest BCUT2D eigenvalue weighted by Gasteiger charge is 2.28. The summed E-state index contributed by atoms with van der Waals surface area (Å²) in [7, 11) is 0. The number of benzene rings is 3. The molecule has 0 aliphatic carbocycles. The molecule has 40 heavy (non-hydrogen) atoms. The number of nitrogens with one attached hydrogen (secondary N) is 3. The fourth-order valence-electron chi connectivity index (χ4n) is 5.35. The Morgan fingerprint density at radius 2 is 1.73 bits per heavy atom. The molecule has 2 amide bonds. The van der Waals surface area contributed by atoms with Crippen LogP contribution in [0.2, 0.25) is 0 Å². The first-order chi connectivity index (χ1) is 19.4. The Labute approximate surface area is 231 Å². The molecule has 2 heterocycles. The maximum atomic E-state index is 13.9. The molecule has 5 N–H and O–H groups in total. The Hall–Kier alpha value is -4.50. The van der Waals surface area contributed by atoms with Crippen LogP contribution in [0.3, 0.4) is 0 Å². The number of nitrogen functional groups attached to an aromatic ring is 1. The van der Waals surface area contributed by atoms with Crippen molar-refractivity contribution >= 4 is 34.6 Å². The highest BCUT2D eigenvalue weighted by atomic mass is 19.1. The van der Waals surface area contributed by atoms with Crippen LogP contribution in [0.4, 0.5) is 10.1 Å². The van der Waals surface area contributed by atoms with Gasteiger partial charge in [-0.15, -0.1) is 0 Å². The second kappa shape index (κ2) is 11.7. The van der Waals surface area contributed by atoms with E-state index in [2.05, 4.69) is 15.2 Å². The standard InChI is InChI=1S/C31H32FN5O3/c1-19(38)35-12-13-36-31(39)22-4-2-20(3-5-22)29-26-17-27(34)23(18-33)16-28(26)37(25-8-6-24(32)7-9-25)30(29)21-10-14-40-15-11-21/h2-9,16-18,21,33H,10-15,34H2,1H3,(H,35,38)(H,36,39). The Morgan fingerprint density at radius 1 is 1.05 bits per heavy atom. The zero-order valence-electron chi connectivity index (χ0n) is 22.3. The number of hydrogen-bond donors (Lipinski definition) is 4. The molecular weight excluding hydrogens is 509 g/mol. The van der Waals surface area contributed by atoms with Crippen molar-refractivity contribution in [3.63, 3.8) is 0 Å². The van der Waals surface area contributed by atoms with E-state index in [9.17, 15) is 14.0 Å². The fraction of sp³-hybridized carbons (Fsp3) is 0.258. The van der Waals surface area contributed by atoms with Crippen molar-refractivity contribution in [3.05, 3.63) is 83.3 Å². The summed E-state index contributed by atoms with van der Waals surface area (Å²) in [4.78, 5) is 23.7. The number of nitrogens with two attached hydrogens (primary N) is 1. The lowest BCUT2D eigenvalue weighted by Crippen LogP contribution is -2.33. The Morgan fingerprint density at radius 3 is 2.38 bits per heavy atom. The zero-order chi connectivity index (χ0) is 28.2. The molecular formula is C31H32FN5O3. The highest BCUT2D eigenvalue weighted by Crippen LogP contribution is 2.44. The van der Waals surface area contributed by atoms with Crippen molar-refractivity contribution in [1.82, 2.24) is 15.2 Å². The summed E-state index contributed by atoms with van der Waals surface area (Å²) < 4.78 is 21.8. The van der Waals surface area contributed by atoms with Gasteiger partial charge in [-0.25, -0.2) is 4.39 Å². The lowest BCUT2D eigenvalue weighted by molar-refractivity contribution is -0.118. The van der Waals surface area contributed by atoms with Crippen molar-refractivity contribution in [2.45, 2.75) is 25.7 Å². The third kappa shape index (κ3) is 5.46. The maximum Gasteiger partial charge on any atom is 0.251 e. The number of hydrogen-bond acceptors (Lipinski definition) is 5. The van der Waals surface area contributed by atoms with E-state index in [0.29, 0.717) is 43.1 Å². The van der Waals surface area contributed by atoms with Crippen molar-refractivity contribution in [2.24, 2.45) is 0 Å². The van der Waals surface area contributed by atoms with Crippen LogP contribution in [0.5, 0.6) is 0 Å². The van der Waals surface area contributed by atoms with E-state index < -0.39 is 0 Å². The molecule has 9 heteroatoms. The van der Waals surface area contributed by atoms with E-state index in [0.717, 1.165) is 46.3 Å². The second-order valence-corrected chi connectivity index (χ2v) is 9.92. The van der Waals surface area contributed by atoms with E-state index in [1.54, 1.807) is 24.3 Å². The summed E-state index contributed by atoms with van der Waals surface area (Å²) in [5, 5.41) is 14.3. The van der Waals surface area contributed by atoms with E-state index in [4.69, 9.17) is 15.9 Å². The molecule has 0 atom stereocenters. The van der Waals surface area contributed by atoms with Gasteiger partial charge < -0.3 is 31.1 Å². The van der Waals surface area contributed by atoms with Gasteiger partial charge in [0.25, 0.3) is 5.91 Å². The molecule has 4 aromatic rings. The smallest absolute Gasteiger partial charge is 0.251 e. The number of anilines is 1. The summed E-state index contributed by atoms with van der Waals surface area (Å²) in [5.74, 6) is -0.520. The number of nitrogens with zero attached hydrogens (tertiary/aromatic N) is 1. The first-order valence-corrected chi connectivity index (χ1v) is 13.3. The van der Waals surface area contributed by atoms with Crippen molar-refractivity contribution in [3.8, 4) is 16.8 Å². The minimum atomic E-state index is -0.316. The molecule has 1 aliphatic heterocycles. The number of amides is 2. The van der Waals surface area contributed by atoms with Crippen LogP contribution in [0, 0.1) is 11.2 Å². The number of ether oxygens (including phenoxy) is 1. The molecule has 0 spiro atoms. The average molecular weight is 542 g/mol. The lowest BCUT2D eigenvalue weighted by atomic mass is 9.89. The minimum absolute atomic E-state index is 0.146. The first kappa shape index (κ1) is 27.1. The predicted molar refractivity (Wildman–Crippen MR) is 155 cm³/mol. The van der Waals surface area contributed by atoms with Crippen LogP contribution in [0.25, 0.3) is 27.7 Å². The van der Waals surface area contributed by atoms with Crippen LogP contribution >= 0.6 is 0 Å². The first-order valence-electron chi connectivity index (χ1n) is 13.3. The quantitative estimate of drug-likeness (QED) is 0.146. The Balaban J connectivity index is 1.64. The van der Waals surface area contributed by atoms with Crippen LogP contribution in [0.15, 0.2) is 60.7 Å². The Bertz CT molecular complexity index is 1560. The van der Waals surface area contributed by atoms with Gasteiger partial charge in [0.15, 0.2) is 0 Å². The number of carbonyl (C=O) groups is 2. The molecule has 1 saturated heterocycles. The third-order valence-electron chi connectivity index (χ3n) is 7.28. The molecule has 1 fully saturated rings. The van der Waals surface area contributed by atoms with Crippen molar-refractivity contribution in [2.75, 3.05) is 32.0 Å². The van der Waals surface area contributed by atoms with Gasteiger partial charge in [0.05, 0.1) is 5.52 Å². The van der Waals surface area contributed by atoms with Gasteiger partial charge in [-0.2, -0.15) is 0 Å². The molecule has 1 aromatic heterocycles. The van der Waals surface area contributed by atoms with E-state index in [1.165, 1.54) is 25.3 Å². The van der Waals surface area contributed by atoms with Gasteiger partial charge in [0.2, 0.25) is 5.91 Å². The number of carbonyl (C=O) groups excluding carboxylic acids is 2. The van der Waals surface area contributed by atoms with Crippen LogP contribution in [-0.4, -0.2) is 48.9 Å². The molecule has 0 bridgehead atoms. The van der Waals surface area contributed by atoms with E-state index >= 15 is 0 Å². The SMILES string of the molecule is CC(=O)NCCNC(=O)c1ccc(-c2c(C3CCOCC3)n(-c3ccc(F)cc3)c3cc(C=N)c(N)cc23)cc1. The van der Waals surface area contributed by atoms with Crippen molar-refractivity contribution < 1.29 is 18.7 Å². The molecule has 8 nitrogen and oxygen atoms in total. The van der Waals surface area contributed by atoms with Gasteiger partial charge in [-0.05, 0) is 66.9 Å². The average Bonchev–Trinajstić information content (AvgIpc) is 3.29. The van der Waals surface area contributed by atoms with E-state index in [-0.39, 0.29) is 23.5 Å². The topological polar surface area (TPSA) is 122 Å². The number of rotatable bonds is 8. The van der Waals surface area contributed by atoms with Gasteiger partial charge in [0.1, 0.15) is 5.82 Å². The highest BCUT2D eigenvalue weighted by molar-refractivity contribution is 6.05. The number of aromatic nitrogens is 1. The minimum Gasteiger partial charge on any atom is -0.398 e. The second-order valence-electron chi connectivity index (χ2n) is 9.92. The summed E-state index contributed by atoms with van der Waals surface area (Å²) in [5.41, 5.74) is 12.6. The molecule has 5 rings (SSSR count). The van der Waals surface area contributed by atoms with Gasteiger partial charge in [-0.3, -0.25) is 9.59 Å². The molecule has 0 saturated carbocycles. The molecule has 0 unspecified atom stereocenters. The molecule has 0 radical (unpaired) electrons. The van der Waals surface area contributed by atoms with Gasteiger partial charge in [0, 0.05) is 84.5 Å². The fourth-order valence-corrected chi connectivity index (χ4v) is 5.35. The monoisotopic (exact) mass is 541 g/mol. The summed E-state index contributed by atoms with van der Waals surface area (Å²) in [6.45, 7) is 3.40. The number of halogens is 1. The lowest BCUT2D eigenvalue weighted by Gasteiger charge is -2.26. The summed E-state index contributed by atoms with van der Waals surface area (Å²) in [6, 6.07) is 17.6. The van der Waals surface area contributed by atoms with Crippen LogP contribution in [0.1, 0.15) is 47.3 Å². The normalized spacial score (nSPS) is 13.8. The van der Waals surface area contributed by atoms with Gasteiger partial charge >= 0.3 is 0 Å². The number of fused-ring (bicyclic) bond motifs is 1. The third-order valence-corrected chi connectivity index (χ3v) is 7.28. The summed E-state index contributed by atoms with van der Waals surface area (Å²) >= 11 is 0. The van der Waals surface area contributed by atoms with Crippen LogP contribution < -0.4 is 16.4 Å². The van der Waals surface area contributed by atoms with Gasteiger partial charge in [-0.1, -0.05) is 12.1 Å². The zero-order valence-corrected chi connectivity index (χ0v) is 22.3. The molecule has 206 valence electrons. The van der Waals surface area contributed by atoms with E-state index in [1.807, 2.05) is 24.3 Å². The molecule has 1 aliphatic rings. The largest absolute Gasteiger partial charge is 0.398 e. The summed E-state index contributed by atoms with van der Waals surface area (Å²) in [6.07, 6.45) is 2.89. The molecule has 3 aromatic carbocycles.